The monoisotopic (exact) mass is 613 g/mol. The second-order valence-corrected chi connectivity index (χ2v) is 14.2. The molecule has 0 radical (unpaired) electrons. The Morgan fingerprint density at radius 2 is 1.44 bits per heavy atom. The summed E-state index contributed by atoms with van der Waals surface area (Å²) in [6, 6.07) is 11.5. The van der Waals surface area contributed by atoms with Gasteiger partial charge in [-0.1, -0.05) is 23.7 Å². The van der Waals surface area contributed by atoms with E-state index in [1.54, 1.807) is 76.8 Å². The standard InChI is InChI=1S/C33H44ClN3O6/c1-31(2,3)29(40)42-25-16-15-23(19-26(25)43-30(41)32(4,5)6)36-33(7,8)20-35-28(39)24-10-9-17-37(24)27(38)18-21-11-13-22(34)14-12-21/h11-16,19,24,36H,9-10,17-18,20H2,1-8H3,(H,35,39)/t24-/m1/s1. The quantitative estimate of drug-likeness (QED) is 0.272. The summed E-state index contributed by atoms with van der Waals surface area (Å²) < 4.78 is 11.2. The molecule has 2 aromatic carbocycles. The number of halogens is 1. The third-order valence-electron chi connectivity index (χ3n) is 6.91. The molecular weight excluding hydrogens is 570 g/mol. The summed E-state index contributed by atoms with van der Waals surface area (Å²) in [6.45, 7) is 15.1. The van der Waals surface area contributed by atoms with Crippen LogP contribution in [0.2, 0.25) is 5.02 Å². The van der Waals surface area contributed by atoms with Crippen LogP contribution in [0.5, 0.6) is 11.5 Å². The molecule has 2 N–H and O–H groups in total. The topological polar surface area (TPSA) is 114 Å². The molecule has 1 saturated heterocycles. The van der Waals surface area contributed by atoms with Crippen LogP contribution in [-0.4, -0.2) is 53.3 Å². The number of nitrogens with one attached hydrogen (secondary N) is 2. The Kier molecular flexibility index (Phi) is 10.5. The molecule has 0 aliphatic carbocycles. The number of esters is 2. The molecule has 3 rings (SSSR count). The summed E-state index contributed by atoms with van der Waals surface area (Å²) in [5.41, 5.74) is -0.702. The van der Waals surface area contributed by atoms with Crippen LogP contribution < -0.4 is 20.1 Å². The minimum absolute atomic E-state index is 0.0954. The van der Waals surface area contributed by atoms with Gasteiger partial charge >= 0.3 is 11.9 Å². The second kappa shape index (κ2) is 13.4. The Hall–Kier alpha value is -3.59. The van der Waals surface area contributed by atoms with Crippen LogP contribution in [0.15, 0.2) is 42.5 Å². The average Bonchev–Trinajstić information content (AvgIpc) is 3.39. The highest BCUT2D eigenvalue weighted by atomic mass is 35.5. The van der Waals surface area contributed by atoms with Crippen LogP contribution in [0, 0.1) is 10.8 Å². The van der Waals surface area contributed by atoms with Gasteiger partial charge < -0.3 is 25.0 Å². The van der Waals surface area contributed by atoms with Gasteiger partial charge in [-0.3, -0.25) is 19.2 Å². The molecule has 10 heteroatoms. The first-order chi connectivity index (χ1) is 19.9. The predicted molar refractivity (Wildman–Crippen MR) is 167 cm³/mol. The first-order valence-corrected chi connectivity index (χ1v) is 14.9. The molecule has 0 unspecified atom stereocenters. The lowest BCUT2D eigenvalue weighted by molar-refractivity contribution is -0.145. The number of ether oxygens (including phenoxy) is 2. The van der Waals surface area contributed by atoms with Gasteiger partial charge in [0.15, 0.2) is 11.5 Å². The number of nitrogens with zero attached hydrogens (tertiary/aromatic N) is 1. The summed E-state index contributed by atoms with van der Waals surface area (Å²) in [6.07, 6.45) is 1.56. The fraction of sp³-hybridized carbons (Fsp3) is 0.515. The number of hydrogen-bond acceptors (Lipinski definition) is 7. The number of benzene rings is 2. The minimum atomic E-state index is -0.775. The van der Waals surface area contributed by atoms with E-state index in [4.69, 9.17) is 21.1 Å². The van der Waals surface area contributed by atoms with Gasteiger partial charge in [0.05, 0.1) is 17.3 Å². The van der Waals surface area contributed by atoms with Crippen LogP contribution in [0.4, 0.5) is 5.69 Å². The van der Waals surface area contributed by atoms with E-state index in [2.05, 4.69) is 10.6 Å². The molecule has 1 heterocycles. The minimum Gasteiger partial charge on any atom is -0.422 e. The van der Waals surface area contributed by atoms with Gasteiger partial charge in [0.1, 0.15) is 6.04 Å². The van der Waals surface area contributed by atoms with Crippen molar-refractivity contribution in [2.45, 2.75) is 86.2 Å². The van der Waals surface area contributed by atoms with E-state index in [1.807, 2.05) is 26.0 Å². The second-order valence-electron chi connectivity index (χ2n) is 13.7. The molecular formula is C33H44ClN3O6. The van der Waals surface area contributed by atoms with Gasteiger partial charge in [-0.25, -0.2) is 0 Å². The van der Waals surface area contributed by atoms with Gasteiger partial charge in [-0.2, -0.15) is 0 Å². The predicted octanol–water partition coefficient (Wildman–Crippen LogP) is 5.78. The number of rotatable bonds is 9. The Morgan fingerprint density at radius 3 is 2.02 bits per heavy atom. The van der Waals surface area contributed by atoms with Gasteiger partial charge in [-0.15, -0.1) is 0 Å². The fourth-order valence-corrected chi connectivity index (χ4v) is 4.46. The van der Waals surface area contributed by atoms with Crippen LogP contribution in [0.3, 0.4) is 0 Å². The van der Waals surface area contributed by atoms with E-state index < -0.39 is 34.3 Å². The first kappa shape index (κ1) is 33.9. The summed E-state index contributed by atoms with van der Waals surface area (Å²) in [7, 11) is 0. The molecule has 1 aliphatic heterocycles. The molecule has 2 amide bonds. The Labute approximate surface area is 259 Å². The molecule has 1 aliphatic rings. The molecule has 2 aromatic rings. The zero-order chi connectivity index (χ0) is 32.2. The molecule has 0 bridgehead atoms. The van der Waals surface area contributed by atoms with E-state index in [0.717, 1.165) is 12.0 Å². The van der Waals surface area contributed by atoms with E-state index in [9.17, 15) is 19.2 Å². The lowest BCUT2D eigenvalue weighted by Gasteiger charge is -2.30. The van der Waals surface area contributed by atoms with Crippen LogP contribution >= 0.6 is 11.6 Å². The molecule has 1 atom stereocenters. The summed E-state index contributed by atoms with van der Waals surface area (Å²) in [5.74, 6) is -0.988. The molecule has 0 saturated carbocycles. The number of carbonyl (C=O) groups is 4. The van der Waals surface area contributed by atoms with Crippen LogP contribution in [0.25, 0.3) is 0 Å². The van der Waals surface area contributed by atoms with E-state index in [-0.39, 0.29) is 36.3 Å². The summed E-state index contributed by atoms with van der Waals surface area (Å²) in [4.78, 5) is 53.1. The maximum Gasteiger partial charge on any atom is 0.316 e. The van der Waals surface area contributed by atoms with Crippen molar-refractivity contribution in [3.05, 3.63) is 53.1 Å². The van der Waals surface area contributed by atoms with E-state index in [0.29, 0.717) is 23.7 Å². The third kappa shape index (κ3) is 9.71. The van der Waals surface area contributed by atoms with Crippen molar-refractivity contribution >= 4 is 41.0 Å². The highest BCUT2D eigenvalue weighted by Gasteiger charge is 2.35. The Bertz CT molecular complexity index is 1340. The van der Waals surface area contributed by atoms with Crippen LogP contribution in [-0.2, 0) is 25.6 Å². The number of hydrogen-bond donors (Lipinski definition) is 2. The van der Waals surface area contributed by atoms with Crippen molar-refractivity contribution in [1.29, 1.82) is 0 Å². The SMILES string of the molecule is CC(C)(CNC(=O)[C@H]1CCCN1C(=O)Cc1ccc(Cl)cc1)Nc1ccc(OC(=O)C(C)(C)C)c(OC(=O)C(C)(C)C)c1. The van der Waals surface area contributed by atoms with Crippen molar-refractivity contribution in [3.63, 3.8) is 0 Å². The smallest absolute Gasteiger partial charge is 0.316 e. The molecule has 43 heavy (non-hydrogen) atoms. The highest BCUT2D eigenvalue weighted by molar-refractivity contribution is 6.30. The fourth-order valence-electron chi connectivity index (χ4n) is 4.33. The molecule has 0 aromatic heterocycles. The van der Waals surface area contributed by atoms with Crippen molar-refractivity contribution in [2.24, 2.45) is 10.8 Å². The van der Waals surface area contributed by atoms with Gasteiger partial charge in [0.2, 0.25) is 11.8 Å². The molecule has 1 fully saturated rings. The zero-order valence-electron chi connectivity index (χ0n) is 26.4. The third-order valence-corrected chi connectivity index (χ3v) is 7.16. The number of likely N-dealkylation sites (tertiary alicyclic amines) is 1. The molecule has 0 spiro atoms. The largest absolute Gasteiger partial charge is 0.422 e. The van der Waals surface area contributed by atoms with Crippen molar-refractivity contribution in [1.82, 2.24) is 10.2 Å². The highest BCUT2D eigenvalue weighted by Crippen LogP contribution is 2.35. The number of amides is 2. The Balaban J connectivity index is 1.68. The molecule has 234 valence electrons. The zero-order valence-corrected chi connectivity index (χ0v) is 27.2. The van der Waals surface area contributed by atoms with Gasteiger partial charge in [0, 0.05) is 35.4 Å². The summed E-state index contributed by atoms with van der Waals surface area (Å²) in [5, 5.41) is 6.96. The number of carbonyl (C=O) groups excluding carboxylic acids is 4. The maximum atomic E-state index is 13.2. The average molecular weight is 614 g/mol. The normalized spacial score (nSPS) is 15.6. The van der Waals surface area contributed by atoms with Crippen LogP contribution in [0.1, 0.15) is 73.8 Å². The van der Waals surface area contributed by atoms with Crippen molar-refractivity contribution in [3.8, 4) is 11.5 Å². The van der Waals surface area contributed by atoms with Gasteiger partial charge in [-0.05, 0) is 98.1 Å². The maximum absolute atomic E-state index is 13.2. The first-order valence-electron chi connectivity index (χ1n) is 14.5. The van der Waals surface area contributed by atoms with Crippen molar-refractivity contribution in [2.75, 3.05) is 18.4 Å². The Morgan fingerprint density at radius 1 is 0.860 bits per heavy atom. The lowest BCUT2D eigenvalue weighted by Crippen LogP contribution is -2.51. The van der Waals surface area contributed by atoms with Gasteiger partial charge in [0.25, 0.3) is 0 Å². The lowest BCUT2D eigenvalue weighted by atomic mass is 9.97. The van der Waals surface area contributed by atoms with Crippen molar-refractivity contribution < 1.29 is 28.7 Å². The van der Waals surface area contributed by atoms with E-state index >= 15 is 0 Å². The summed E-state index contributed by atoms with van der Waals surface area (Å²) >= 11 is 5.96. The number of anilines is 1. The van der Waals surface area contributed by atoms with E-state index in [1.165, 1.54) is 0 Å². The molecule has 9 nitrogen and oxygen atoms in total.